The van der Waals surface area contributed by atoms with E-state index in [9.17, 15) is 5.11 Å². The molecule has 0 bridgehead atoms. The van der Waals surface area contributed by atoms with Crippen molar-refractivity contribution in [2.24, 2.45) is 7.05 Å². The number of phenolic OH excluding ortho intramolecular Hbond substituents is 1. The van der Waals surface area contributed by atoms with Crippen LogP contribution in [-0.4, -0.2) is 28.5 Å². The van der Waals surface area contributed by atoms with E-state index in [1.807, 2.05) is 30.9 Å². The minimum absolute atomic E-state index is 0.312. The smallest absolute Gasteiger partial charge is 0.126 e. The van der Waals surface area contributed by atoms with E-state index in [2.05, 4.69) is 10.4 Å². The van der Waals surface area contributed by atoms with E-state index < -0.39 is 0 Å². The Kier molecular flexibility index (Phi) is 2.60. The molecule has 0 radical (unpaired) electrons. The van der Waals surface area contributed by atoms with Crippen LogP contribution >= 0.6 is 0 Å². The highest BCUT2D eigenvalue weighted by Gasteiger charge is 2.11. The van der Waals surface area contributed by atoms with Crippen molar-refractivity contribution in [3.8, 4) is 5.75 Å². The molecule has 0 aliphatic rings. The molecule has 1 aromatic heterocycles. The third-order valence-corrected chi connectivity index (χ3v) is 2.57. The van der Waals surface area contributed by atoms with Gasteiger partial charge in [0.1, 0.15) is 5.75 Å². The summed E-state index contributed by atoms with van der Waals surface area (Å²) >= 11 is 0. The quantitative estimate of drug-likeness (QED) is 0.787. The maximum atomic E-state index is 9.79. The van der Waals surface area contributed by atoms with Gasteiger partial charge in [-0.2, -0.15) is 5.10 Å². The number of hydrogen-bond donors (Lipinski definition) is 2. The SMILES string of the molecule is CNCCc1c2c(O)cccc2nn1C. The lowest BCUT2D eigenvalue weighted by molar-refractivity contribution is 0.481. The van der Waals surface area contributed by atoms with Crippen LogP contribution in [0.4, 0.5) is 0 Å². The second-order valence-electron chi connectivity index (χ2n) is 3.60. The molecule has 0 unspecified atom stereocenters. The summed E-state index contributed by atoms with van der Waals surface area (Å²) in [5, 5.41) is 18.1. The van der Waals surface area contributed by atoms with Gasteiger partial charge in [0, 0.05) is 20.0 Å². The van der Waals surface area contributed by atoms with Gasteiger partial charge in [-0.3, -0.25) is 4.68 Å². The van der Waals surface area contributed by atoms with Crippen LogP contribution in [0.1, 0.15) is 5.69 Å². The number of aromatic nitrogens is 2. The highest BCUT2D eigenvalue weighted by molar-refractivity contribution is 5.87. The Morgan fingerprint density at radius 2 is 2.27 bits per heavy atom. The van der Waals surface area contributed by atoms with Crippen LogP contribution in [-0.2, 0) is 13.5 Å². The minimum atomic E-state index is 0.312. The van der Waals surface area contributed by atoms with Crippen LogP contribution in [0.5, 0.6) is 5.75 Å². The molecule has 0 saturated heterocycles. The first-order chi connectivity index (χ1) is 7.24. The van der Waals surface area contributed by atoms with Crippen LogP contribution < -0.4 is 5.32 Å². The number of nitrogens with zero attached hydrogens (tertiary/aromatic N) is 2. The van der Waals surface area contributed by atoms with Crippen LogP contribution in [0, 0.1) is 0 Å². The third kappa shape index (κ3) is 1.68. The molecule has 80 valence electrons. The maximum Gasteiger partial charge on any atom is 0.126 e. The molecule has 15 heavy (non-hydrogen) atoms. The third-order valence-electron chi connectivity index (χ3n) is 2.57. The zero-order valence-corrected chi connectivity index (χ0v) is 8.99. The Morgan fingerprint density at radius 3 is 3.00 bits per heavy atom. The minimum Gasteiger partial charge on any atom is -0.507 e. The standard InChI is InChI=1S/C11H15N3O/c1-12-7-6-9-11-8(13-14(9)2)4-3-5-10(11)15/h3-5,12,15H,6-7H2,1-2H3. The van der Waals surface area contributed by atoms with Crippen LogP contribution in [0.3, 0.4) is 0 Å². The summed E-state index contributed by atoms with van der Waals surface area (Å²) in [6.07, 6.45) is 0.862. The maximum absolute atomic E-state index is 9.79. The van der Waals surface area contributed by atoms with Crippen molar-refractivity contribution in [1.82, 2.24) is 15.1 Å². The first kappa shape index (κ1) is 9.98. The Morgan fingerprint density at radius 1 is 1.47 bits per heavy atom. The summed E-state index contributed by atoms with van der Waals surface area (Å²) < 4.78 is 1.84. The first-order valence-corrected chi connectivity index (χ1v) is 5.02. The van der Waals surface area contributed by atoms with Gasteiger partial charge in [0.2, 0.25) is 0 Å². The largest absolute Gasteiger partial charge is 0.507 e. The fourth-order valence-corrected chi connectivity index (χ4v) is 1.82. The van der Waals surface area contributed by atoms with Crippen molar-refractivity contribution in [2.75, 3.05) is 13.6 Å². The van der Waals surface area contributed by atoms with Gasteiger partial charge in [0.25, 0.3) is 0 Å². The topological polar surface area (TPSA) is 50.1 Å². The molecule has 0 spiro atoms. The summed E-state index contributed by atoms with van der Waals surface area (Å²) in [4.78, 5) is 0. The molecular weight excluding hydrogens is 190 g/mol. The van der Waals surface area contributed by atoms with E-state index in [0.717, 1.165) is 29.6 Å². The van der Waals surface area contributed by atoms with Gasteiger partial charge < -0.3 is 10.4 Å². The van der Waals surface area contributed by atoms with Gasteiger partial charge in [0.15, 0.2) is 0 Å². The number of rotatable bonds is 3. The fraction of sp³-hybridized carbons (Fsp3) is 0.364. The van der Waals surface area contributed by atoms with Gasteiger partial charge in [0.05, 0.1) is 16.6 Å². The molecule has 1 heterocycles. The number of nitrogens with one attached hydrogen (secondary N) is 1. The number of benzene rings is 1. The van der Waals surface area contributed by atoms with E-state index >= 15 is 0 Å². The van der Waals surface area contributed by atoms with Crippen LogP contribution in [0.2, 0.25) is 0 Å². The molecule has 0 fully saturated rings. The lowest BCUT2D eigenvalue weighted by Gasteiger charge is -2.02. The molecule has 4 heteroatoms. The predicted octanol–water partition coefficient (Wildman–Crippen LogP) is 1.04. The van der Waals surface area contributed by atoms with E-state index in [1.54, 1.807) is 6.07 Å². The summed E-state index contributed by atoms with van der Waals surface area (Å²) in [5.41, 5.74) is 1.92. The average Bonchev–Trinajstić information content (AvgIpc) is 2.53. The van der Waals surface area contributed by atoms with E-state index in [4.69, 9.17) is 0 Å². The van der Waals surface area contributed by atoms with Crippen LogP contribution in [0.25, 0.3) is 10.9 Å². The van der Waals surface area contributed by atoms with Gasteiger partial charge in [-0.1, -0.05) is 6.07 Å². The van der Waals surface area contributed by atoms with Crippen molar-refractivity contribution < 1.29 is 5.11 Å². The van der Waals surface area contributed by atoms with Gasteiger partial charge in [-0.25, -0.2) is 0 Å². The summed E-state index contributed by atoms with van der Waals surface area (Å²) in [7, 11) is 3.82. The first-order valence-electron chi connectivity index (χ1n) is 5.02. The molecule has 2 N–H and O–H groups in total. The summed E-state index contributed by atoms with van der Waals surface area (Å²) in [6.45, 7) is 0.878. The normalized spacial score (nSPS) is 11.1. The highest BCUT2D eigenvalue weighted by Crippen LogP contribution is 2.27. The predicted molar refractivity (Wildman–Crippen MR) is 60.0 cm³/mol. The van der Waals surface area contributed by atoms with Crippen molar-refractivity contribution >= 4 is 10.9 Å². The monoisotopic (exact) mass is 205 g/mol. The summed E-state index contributed by atoms with van der Waals surface area (Å²) in [5.74, 6) is 0.312. The number of phenols is 1. The Balaban J connectivity index is 2.55. The van der Waals surface area contributed by atoms with Gasteiger partial charge >= 0.3 is 0 Å². The molecule has 0 saturated carbocycles. The second kappa shape index (κ2) is 3.90. The number of hydrogen-bond acceptors (Lipinski definition) is 3. The highest BCUT2D eigenvalue weighted by atomic mass is 16.3. The average molecular weight is 205 g/mol. The van der Waals surface area contributed by atoms with E-state index in [-0.39, 0.29) is 0 Å². The zero-order chi connectivity index (χ0) is 10.8. The Bertz CT molecular complexity index is 476. The number of likely N-dealkylation sites (N-methyl/N-ethyl adjacent to an activating group) is 1. The molecule has 0 aliphatic carbocycles. The lowest BCUT2D eigenvalue weighted by atomic mass is 10.1. The van der Waals surface area contributed by atoms with Crippen molar-refractivity contribution in [1.29, 1.82) is 0 Å². The molecule has 4 nitrogen and oxygen atoms in total. The van der Waals surface area contributed by atoms with Gasteiger partial charge in [-0.15, -0.1) is 0 Å². The molecule has 0 aliphatic heterocycles. The van der Waals surface area contributed by atoms with E-state index in [0.29, 0.717) is 5.75 Å². The molecule has 1 aromatic carbocycles. The Labute approximate surface area is 88.5 Å². The van der Waals surface area contributed by atoms with Crippen molar-refractivity contribution in [3.63, 3.8) is 0 Å². The number of fused-ring (bicyclic) bond motifs is 1. The summed E-state index contributed by atoms with van der Waals surface area (Å²) in [6, 6.07) is 5.43. The van der Waals surface area contributed by atoms with Crippen molar-refractivity contribution in [3.05, 3.63) is 23.9 Å². The fourth-order valence-electron chi connectivity index (χ4n) is 1.82. The molecular formula is C11H15N3O. The molecule has 0 amide bonds. The number of aryl methyl sites for hydroxylation is 1. The Hall–Kier alpha value is -1.55. The van der Waals surface area contributed by atoms with Gasteiger partial charge in [-0.05, 0) is 19.2 Å². The lowest BCUT2D eigenvalue weighted by Crippen LogP contribution is -2.12. The number of aromatic hydroxyl groups is 1. The molecule has 2 aromatic rings. The second-order valence-corrected chi connectivity index (χ2v) is 3.60. The molecule has 2 rings (SSSR count). The van der Waals surface area contributed by atoms with Crippen LogP contribution in [0.15, 0.2) is 18.2 Å². The molecule has 0 atom stereocenters. The zero-order valence-electron chi connectivity index (χ0n) is 8.99. The van der Waals surface area contributed by atoms with Crippen molar-refractivity contribution in [2.45, 2.75) is 6.42 Å². The van der Waals surface area contributed by atoms with E-state index in [1.165, 1.54) is 0 Å².